The highest BCUT2D eigenvalue weighted by Gasteiger charge is 2.20. The molecule has 0 radical (unpaired) electrons. The van der Waals surface area contributed by atoms with E-state index in [-0.39, 0.29) is 18.1 Å². The first kappa shape index (κ1) is 14.0. The van der Waals surface area contributed by atoms with Crippen molar-refractivity contribution < 1.29 is 9.59 Å². The fourth-order valence-electron chi connectivity index (χ4n) is 1.54. The number of aromatic nitrogens is 1. The minimum atomic E-state index is -0.547. The molecule has 0 atom stereocenters. The van der Waals surface area contributed by atoms with Gasteiger partial charge < -0.3 is 16.4 Å². The average Bonchev–Trinajstić information content (AvgIpc) is 2.34. The van der Waals surface area contributed by atoms with Crippen LogP contribution in [0.15, 0.2) is 18.3 Å². The smallest absolute Gasteiger partial charge is 0.275 e. The number of amides is 2. The zero-order valence-corrected chi connectivity index (χ0v) is 10.4. The molecule has 0 aliphatic carbocycles. The SMILES string of the molecule is CCCCN(CC(N)=O)C(=O)c1ncccc1N. The first-order valence-electron chi connectivity index (χ1n) is 5.84. The van der Waals surface area contributed by atoms with Gasteiger partial charge in [-0.15, -0.1) is 0 Å². The van der Waals surface area contributed by atoms with Crippen LogP contribution in [0, 0.1) is 0 Å². The number of carbonyl (C=O) groups excluding carboxylic acids is 2. The third-order valence-electron chi connectivity index (χ3n) is 2.46. The van der Waals surface area contributed by atoms with E-state index in [0.717, 1.165) is 12.8 Å². The molecule has 0 saturated heterocycles. The van der Waals surface area contributed by atoms with Gasteiger partial charge in [0.25, 0.3) is 5.91 Å². The molecule has 4 N–H and O–H groups in total. The Labute approximate surface area is 106 Å². The summed E-state index contributed by atoms with van der Waals surface area (Å²) in [6.45, 7) is 2.35. The van der Waals surface area contributed by atoms with Crippen LogP contribution in [0.2, 0.25) is 0 Å². The van der Waals surface area contributed by atoms with Crippen molar-refractivity contribution in [3.63, 3.8) is 0 Å². The molecule has 1 aromatic heterocycles. The molecule has 1 heterocycles. The zero-order chi connectivity index (χ0) is 13.5. The molecule has 1 rings (SSSR count). The Hall–Kier alpha value is -2.11. The lowest BCUT2D eigenvalue weighted by atomic mass is 10.2. The second kappa shape index (κ2) is 6.58. The first-order valence-corrected chi connectivity index (χ1v) is 5.84. The Kier molecular flexibility index (Phi) is 5.10. The molecule has 0 aliphatic rings. The van der Waals surface area contributed by atoms with E-state index in [1.54, 1.807) is 12.1 Å². The molecular formula is C12H18N4O2. The van der Waals surface area contributed by atoms with Crippen molar-refractivity contribution >= 4 is 17.5 Å². The van der Waals surface area contributed by atoms with Crippen LogP contribution in [0.3, 0.4) is 0 Å². The van der Waals surface area contributed by atoms with Crippen LogP contribution in [-0.2, 0) is 4.79 Å². The molecule has 0 aromatic carbocycles. The second-order valence-electron chi connectivity index (χ2n) is 3.99. The monoisotopic (exact) mass is 250 g/mol. The number of nitrogens with two attached hydrogens (primary N) is 2. The highest BCUT2D eigenvalue weighted by Crippen LogP contribution is 2.11. The molecule has 0 fully saturated rings. The van der Waals surface area contributed by atoms with Gasteiger partial charge in [0, 0.05) is 12.7 Å². The Morgan fingerprint density at radius 1 is 1.44 bits per heavy atom. The summed E-state index contributed by atoms with van der Waals surface area (Å²) in [6.07, 6.45) is 3.21. The standard InChI is InChI=1S/C12H18N4O2/c1-2-3-7-16(8-10(14)17)12(18)11-9(13)5-4-6-15-11/h4-6H,2-3,7-8,13H2,1H3,(H2,14,17). The van der Waals surface area contributed by atoms with Crippen LogP contribution in [0.5, 0.6) is 0 Å². The molecule has 0 spiro atoms. The van der Waals surface area contributed by atoms with Crippen LogP contribution in [-0.4, -0.2) is 34.8 Å². The zero-order valence-electron chi connectivity index (χ0n) is 10.4. The van der Waals surface area contributed by atoms with Crippen molar-refractivity contribution in [2.75, 3.05) is 18.8 Å². The van der Waals surface area contributed by atoms with E-state index >= 15 is 0 Å². The first-order chi connectivity index (χ1) is 8.56. The van der Waals surface area contributed by atoms with E-state index in [2.05, 4.69) is 4.98 Å². The molecule has 0 aliphatic heterocycles. The molecule has 0 bridgehead atoms. The van der Waals surface area contributed by atoms with Gasteiger partial charge in [-0.2, -0.15) is 0 Å². The largest absolute Gasteiger partial charge is 0.397 e. The van der Waals surface area contributed by atoms with Gasteiger partial charge >= 0.3 is 0 Å². The number of hydrogen-bond donors (Lipinski definition) is 2. The Morgan fingerprint density at radius 2 is 2.17 bits per heavy atom. The van der Waals surface area contributed by atoms with Gasteiger partial charge in [-0.1, -0.05) is 13.3 Å². The maximum Gasteiger partial charge on any atom is 0.275 e. The van der Waals surface area contributed by atoms with E-state index in [0.29, 0.717) is 12.2 Å². The Bertz CT molecular complexity index is 434. The van der Waals surface area contributed by atoms with Crippen molar-refractivity contribution in [3.05, 3.63) is 24.0 Å². The summed E-state index contributed by atoms with van der Waals surface area (Å²) >= 11 is 0. The van der Waals surface area contributed by atoms with E-state index in [1.165, 1.54) is 11.1 Å². The minimum Gasteiger partial charge on any atom is -0.397 e. The second-order valence-corrected chi connectivity index (χ2v) is 3.99. The summed E-state index contributed by atoms with van der Waals surface area (Å²) in [5.74, 6) is -0.908. The molecule has 2 amide bonds. The van der Waals surface area contributed by atoms with Gasteiger partial charge in [-0.05, 0) is 18.6 Å². The lowest BCUT2D eigenvalue weighted by Gasteiger charge is -2.20. The van der Waals surface area contributed by atoms with Gasteiger partial charge in [0.1, 0.15) is 0 Å². The third kappa shape index (κ3) is 3.73. The molecule has 18 heavy (non-hydrogen) atoms. The number of hydrogen-bond acceptors (Lipinski definition) is 4. The highest BCUT2D eigenvalue weighted by molar-refractivity contribution is 5.98. The third-order valence-corrected chi connectivity index (χ3v) is 2.46. The van der Waals surface area contributed by atoms with Crippen molar-refractivity contribution in [1.82, 2.24) is 9.88 Å². The topological polar surface area (TPSA) is 102 Å². The molecule has 6 heteroatoms. The number of primary amides is 1. The summed E-state index contributed by atoms with van der Waals surface area (Å²) in [5, 5.41) is 0. The fourth-order valence-corrected chi connectivity index (χ4v) is 1.54. The maximum absolute atomic E-state index is 12.2. The summed E-state index contributed by atoms with van der Waals surface area (Å²) in [7, 11) is 0. The molecule has 98 valence electrons. The molecule has 0 unspecified atom stereocenters. The number of unbranched alkanes of at least 4 members (excludes halogenated alkanes) is 1. The van der Waals surface area contributed by atoms with Crippen LogP contribution in [0.25, 0.3) is 0 Å². The quantitative estimate of drug-likeness (QED) is 0.762. The van der Waals surface area contributed by atoms with E-state index in [1.807, 2.05) is 6.92 Å². The average molecular weight is 250 g/mol. The number of nitrogen functional groups attached to an aromatic ring is 1. The number of rotatable bonds is 6. The number of carbonyl (C=O) groups is 2. The lowest BCUT2D eigenvalue weighted by Crippen LogP contribution is -2.39. The summed E-state index contributed by atoms with van der Waals surface area (Å²) in [6, 6.07) is 3.25. The van der Waals surface area contributed by atoms with Crippen molar-refractivity contribution in [1.29, 1.82) is 0 Å². The van der Waals surface area contributed by atoms with Gasteiger partial charge in [0.15, 0.2) is 5.69 Å². The normalized spacial score (nSPS) is 10.1. The van der Waals surface area contributed by atoms with E-state index < -0.39 is 5.91 Å². The molecule has 0 saturated carbocycles. The maximum atomic E-state index is 12.2. The molecular weight excluding hydrogens is 232 g/mol. The fraction of sp³-hybridized carbons (Fsp3) is 0.417. The van der Waals surface area contributed by atoms with E-state index in [9.17, 15) is 9.59 Å². The molecule has 6 nitrogen and oxygen atoms in total. The highest BCUT2D eigenvalue weighted by atomic mass is 16.2. The Balaban J connectivity index is 2.87. The van der Waals surface area contributed by atoms with Crippen molar-refractivity contribution in [2.45, 2.75) is 19.8 Å². The predicted molar refractivity (Wildman–Crippen MR) is 68.7 cm³/mol. The van der Waals surface area contributed by atoms with Gasteiger partial charge in [-0.25, -0.2) is 4.98 Å². The number of anilines is 1. The van der Waals surface area contributed by atoms with Gasteiger partial charge in [-0.3, -0.25) is 9.59 Å². The van der Waals surface area contributed by atoms with Crippen LogP contribution >= 0.6 is 0 Å². The summed E-state index contributed by atoms with van der Waals surface area (Å²) in [5.41, 5.74) is 11.3. The van der Waals surface area contributed by atoms with Crippen LogP contribution in [0.4, 0.5) is 5.69 Å². The van der Waals surface area contributed by atoms with Crippen LogP contribution in [0.1, 0.15) is 30.3 Å². The number of pyridine rings is 1. The van der Waals surface area contributed by atoms with Crippen LogP contribution < -0.4 is 11.5 Å². The van der Waals surface area contributed by atoms with Gasteiger partial charge in [0.05, 0.1) is 12.2 Å². The summed E-state index contributed by atoms with van der Waals surface area (Å²) in [4.78, 5) is 28.5. The van der Waals surface area contributed by atoms with E-state index in [4.69, 9.17) is 11.5 Å². The lowest BCUT2D eigenvalue weighted by molar-refractivity contribution is -0.118. The minimum absolute atomic E-state index is 0.116. The Morgan fingerprint density at radius 3 is 2.72 bits per heavy atom. The predicted octanol–water partition coefficient (Wildman–Crippen LogP) is 0.391. The summed E-state index contributed by atoms with van der Waals surface area (Å²) < 4.78 is 0. The molecule has 1 aromatic rings. The van der Waals surface area contributed by atoms with Crippen molar-refractivity contribution in [3.8, 4) is 0 Å². The van der Waals surface area contributed by atoms with Gasteiger partial charge in [0.2, 0.25) is 5.91 Å². The number of nitrogens with zero attached hydrogens (tertiary/aromatic N) is 2. The van der Waals surface area contributed by atoms with Crippen molar-refractivity contribution in [2.24, 2.45) is 5.73 Å².